The van der Waals surface area contributed by atoms with E-state index in [0.717, 1.165) is 16.8 Å². The van der Waals surface area contributed by atoms with Crippen LogP contribution in [0.25, 0.3) is 0 Å². The molecule has 0 amide bonds. The minimum atomic E-state index is -0.630. The van der Waals surface area contributed by atoms with Crippen molar-refractivity contribution in [3.05, 3.63) is 51.3 Å². The standard InChI is InChI=1S/C13H14Cl2N2O/c1-8-10(7-17(2)16-8)12(18)6-9-4-3-5-11(14)13(9)15/h3-5,7,12,18H,6H2,1-2H3. The Morgan fingerprint density at radius 1 is 1.39 bits per heavy atom. The molecule has 1 heterocycles. The number of nitrogens with zero attached hydrogens (tertiary/aromatic N) is 2. The molecule has 2 rings (SSSR count). The number of aliphatic hydroxyl groups is 1. The van der Waals surface area contributed by atoms with Gasteiger partial charge in [0.1, 0.15) is 0 Å². The summed E-state index contributed by atoms with van der Waals surface area (Å²) in [5, 5.41) is 15.4. The smallest absolute Gasteiger partial charge is 0.0864 e. The number of halogens is 2. The molecule has 1 atom stereocenters. The highest BCUT2D eigenvalue weighted by molar-refractivity contribution is 6.42. The molecule has 1 aromatic heterocycles. The third-order valence-corrected chi connectivity index (χ3v) is 3.71. The van der Waals surface area contributed by atoms with Gasteiger partial charge in [0.05, 0.1) is 21.8 Å². The second kappa shape index (κ2) is 5.31. The molecule has 1 N–H and O–H groups in total. The summed E-state index contributed by atoms with van der Waals surface area (Å²) in [5.41, 5.74) is 2.47. The third-order valence-electron chi connectivity index (χ3n) is 2.86. The van der Waals surface area contributed by atoms with E-state index in [2.05, 4.69) is 5.10 Å². The van der Waals surface area contributed by atoms with Gasteiger partial charge in [-0.05, 0) is 18.6 Å². The second-order valence-electron chi connectivity index (χ2n) is 4.28. The first kappa shape index (κ1) is 13.4. The summed E-state index contributed by atoms with van der Waals surface area (Å²) in [7, 11) is 1.83. The van der Waals surface area contributed by atoms with Crippen molar-refractivity contribution in [1.29, 1.82) is 0 Å². The lowest BCUT2D eigenvalue weighted by atomic mass is 10.0. The average molecular weight is 285 g/mol. The molecule has 0 aliphatic rings. The second-order valence-corrected chi connectivity index (χ2v) is 5.06. The number of rotatable bonds is 3. The van der Waals surface area contributed by atoms with Crippen LogP contribution in [0.15, 0.2) is 24.4 Å². The van der Waals surface area contributed by atoms with Crippen LogP contribution in [0.3, 0.4) is 0 Å². The molecule has 0 spiro atoms. The number of aryl methyl sites for hydroxylation is 2. The molecule has 0 aliphatic heterocycles. The monoisotopic (exact) mass is 284 g/mol. The molecule has 0 radical (unpaired) electrons. The molecule has 1 unspecified atom stereocenters. The maximum atomic E-state index is 10.2. The van der Waals surface area contributed by atoms with Crippen molar-refractivity contribution < 1.29 is 5.11 Å². The molecule has 3 nitrogen and oxygen atoms in total. The van der Waals surface area contributed by atoms with Crippen LogP contribution in [-0.2, 0) is 13.5 Å². The molecule has 0 aliphatic carbocycles. The van der Waals surface area contributed by atoms with Gasteiger partial charge < -0.3 is 5.11 Å². The number of hydrogen-bond acceptors (Lipinski definition) is 2. The Morgan fingerprint density at radius 3 is 2.72 bits per heavy atom. The van der Waals surface area contributed by atoms with Gasteiger partial charge in [0, 0.05) is 25.2 Å². The summed E-state index contributed by atoms with van der Waals surface area (Å²) >= 11 is 12.1. The molecule has 96 valence electrons. The minimum absolute atomic E-state index is 0.423. The SMILES string of the molecule is Cc1nn(C)cc1C(O)Cc1cccc(Cl)c1Cl. The fourth-order valence-electron chi connectivity index (χ4n) is 1.97. The predicted octanol–water partition coefficient (Wildman–Crippen LogP) is 3.31. The summed E-state index contributed by atoms with van der Waals surface area (Å²) in [4.78, 5) is 0. The van der Waals surface area contributed by atoms with Crippen molar-refractivity contribution in [1.82, 2.24) is 9.78 Å². The van der Waals surface area contributed by atoms with Crippen LogP contribution in [0.4, 0.5) is 0 Å². The lowest BCUT2D eigenvalue weighted by Crippen LogP contribution is -2.03. The molecule has 18 heavy (non-hydrogen) atoms. The van der Waals surface area contributed by atoms with Gasteiger partial charge in [-0.15, -0.1) is 0 Å². The number of hydrogen-bond donors (Lipinski definition) is 1. The summed E-state index contributed by atoms with van der Waals surface area (Å²) in [6.45, 7) is 1.87. The van der Waals surface area contributed by atoms with Gasteiger partial charge in [-0.1, -0.05) is 35.3 Å². The lowest BCUT2D eigenvalue weighted by Gasteiger charge is -2.11. The molecule has 5 heteroatoms. The molecular weight excluding hydrogens is 271 g/mol. The quantitative estimate of drug-likeness (QED) is 0.939. The molecule has 0 saturated heterocycles. The van der Waals surface area contributed by atoms with Gasteiger partial charge in [0.25, 0.3) is 0 Å². The zero-order valence-electron chi connectivity index (χ0n) is 10.2. The van der Waals surface area contributed by atoms with Gasteiger partial charge in [0.15, 0.2) is 0 Å². The Morgan fingerprint density at radius 2 is 2.11 bits per heavy atom. The van der Waals surface area contributed by atoms with E-state index in [4.69, 9.17) is 23.2 Å². The van der Waals surface area contributed by atoms with E-state index >= 15 is 0 Å². The number of benzene rings is 1. The molecule has 2 aromatic rings. The maximum absolute atomic E-state index is 10.2. The van der Waals surface area contributed by atoms with Crippen LogP contribution in [0.2, 0.25) is 10.0 Å². The Bertz CT molecular complexity index is 566. The van der Waals surface area contributed by atoms with Crippen LogP contribution < -0.4 is 0 Å². The summed E-state index contributed by atoms with van der Waals surface area (Å²) in [5.74, 6) is 0. The van der Waals surface area contributed by atoms with Crippen molar-refractivity contribution >= 4 is 23.2 Å². The third kappa shape index (κ3) is 2.69. The first-order valence-electron chi connectivity index (χ1n) is 5.60. The molecule has 0 fully saturated rings. The van der Waals surface area contributed by atoms with E-state index in [9.17, 15) is 5.11 Å². The minimum Gasteiger partial charge on any atom is -0.388 e. The maximum Gasteiger partial charge on any atom is 0.0864 e. The normalized spacial score (nSPS) is 12.7. The zero-order valence-corrected chi connectivity index (χ0v) is 11.7. The Kier molecular flexibility index (Phi) is 3.95. The topological polar surface area (TPSA) is 38.0 Å². The van der Waals surface area contributed by atoms with Crippen LogP contribution in [-0.4, -0.2) is 14.9 Å². The van der Waals surface area contributed by atoms with Crippen molar-refractivity contribution in [2.45, 2.75) is 19.4 Å². The summed E-state index contributed by atoms with van der Waals surface area (Å²) < 4.78 is 1.69. The van der Waals surface area contributed by atoms with E-state index < -0.39 is 6.10 Å². The van der Waals surface area contributed by atoms with Crippen molar-refractivity contribution in [3.8, 4) is 0 Å². The van der Waals surface area contributed by atoms with Crippen LogP contribution in [0.5, 0.6) is 0 Å². The van der Waals surface area contributed by atoms with E-state index in [-0.39, 0.29) is 0 Å². The number of aliphatic hydroxyl groups excluding tert-OH is 1. The molecular formula is C13H14Cl2N2O. The fraction of sp³-hybridized carbons (Fsp3) is 0.308. The highest BCUT2D eigenvalue weighted by Gasteiger charge is 2.16. The first-order chi connectivity index (χ1) is 8.49. The zero-order chi connectivity index (χ0) is 13.3. The Labute approximate surface area is 116 Å². The van der Waals surface area contributed by atoms with E-state index in [1.807, 2.05) is 32.3 Å². The summed E-state index contributed by atoms with van der Waals surface area (Å²) in [6.07, 6.45) is 1.61. The fourth-order valence-corrected chi connectivity index (χ4v) is 2.37. The van der Waals surface area contributed by atoms with E-state index in [1.165, 1.54) is 0 Å². The lowest BCUT2D eigenvalue weighted by molar-refractivity contribution is 0.177. The van der Waals surface area contributed by atoms with Gasteiger partial charge in [-0.3, -0.25) is 4.68 Å². The van der Waals surface area contributed by atoms with Gasteiger partial charge >= 0.3 is 0 Å². The average Bonchev–Trinajstić information content (AvgIpc) is 2.64. The number of aromatic nitrogens is 2. The van der Waals surface area contributed by atoms with Gasteiger partial charge in [-0.2, -0.15) is 5.10 Å². The largest absolute Gasteiger partial charge is 0.388 e. The van der Waals surface area contributed by atoms with Crippen LogP contribution in [0.1, 0.15) is 22.9 Å². The van der Waals surface area contributed by atoms with Crippen molar-refractivity contribution in [2.75, 3.05) is 0 Å². The Balaban J connectivity index is 2.24. The van der Waals surface area contributed by atoms with E-state index in [0.29, 0.717) is 16.5 Å². The van der Waals surface area contributed by atoms with Crippen LogP contribution >= 0.6 is 23.2 Å². The van der Waals surface area contributed by atoms with Crippen molar-refractivity contribution in [3.63, 3.8) is 0 Å². The highest BCUT2D eigenvalue weighted by atomic mass is 35.5. The Hall–Kier alpha value is -1.03. The highest BCUT2D eigenvalue weighted by Crippen LogP contribution is 2.29. The van der Waals surface area contributed by atoms with Gasteiger partial charge in [0.2, 0.25) is 0 Å². The van der Waals surface area contributed by atoms with Crippen LogP contribution in [0, 0.1) is 6.92 Å². The summed E-state index contributed by atoms with van der Waals surface area (Å²) in [6, 6.07) is 5.42. The molecule has 1 aromatic carbocycles. The van der Waals surface area contributed by atoms with E-state index in [1.54, 1.807) is 10.7 Å². The van der Waals surface area contributed by atoms with Crippen molar-refractivity contribution in [2.24, 2.45) is 7.05 Å². The molecule has 0 saturated carbocycles. The van der Waals surface area contributed by atoms with Gasteiger partial charge in [-0.25, -0.2) is 0 Å². The first-order valence-corrected chi connectivity index (χ1v) is 6.35. The molecule has 0 bridgehead atoms. The predicted molar refractivity (Wildman–Crippen MR) is 73.1 cm³/mol.